The van der Waals surface area contributed by atoms with Crippen molar-refractivity contribution in [2.24, 2.45) is 5.73 Å². The van der Waals surface area contributed by atoms with E-state index < -0.39 is 5.91 Å². The lowest BCUT2D eigenvalue weighted by atomic mass is 10.1. The van der Waals surface area contributed by atoms with E-state index in [1.807, 2.05) is 36.2 Å². The third-order valence-electron chi connectivity index (χ3n) is 3.63. The molecular weight excluding hydrogens is 280 g/mol. The molecule has 1 unspecified atom stereocenters. The van der Waals surface area contributed by atoms with E-state index in [4.69, 9.17) is 10.5 Å². The molecule has 1 aromatic heterocycles. The summed E-state index contributed by atoms with van der Waals surface area (Å²) >= 11 is 0. The standard InChI is InChI=1S/C16H20N4O2/c1-11(10-12-6-4-5-7-14(12)22-3)20(2)15-9-8-13(16(17)21)18-19-15/h4-9,11H,10H2,1-3H3,(H2,17,21). The summed E-state index contributed by atoms with van der Waals surface area (Å²) < 4.78 is 5.38. The molecule has 2 N–H and O–H groups in total. The van der Waals surface area contributed by atoms with Gasteiger partial charge < -0.3 is 15.4 Å². The molecule has 1 aromatic carbocycles. The summed E-state index contributed by atoms with van der Waals surface area (Å²) in [5, 5.41) is 7.88. The van der Waals surface area contributed by atoms with Gasteiger partial charge in [-0.25, -0.2) is 0 Å². The molecule has 2 aromatic rings. The molecule has 116 valence electrons. The number of hydrogen-bond acceptors (Lipinski definition) is 5. The summed E-state index contributed by atoms with van der Waals surface area (Å²) in [6, 6.07) is 11.4. The Balaban J connectivity index is 2.11. The monoisotopic (exact) mass is 300 g/mol. The molecule has 1 heterocycles. The van der Waals surface area contributed by atoms with Crippen LogP contribution >= 0.6 is 0 Å². The van der Waals surface area contributed by atoms with Crippen molar-refractivity contribution in [2.45, 2.75) is 19.4 Å². The van der Waals surface area contributed by atoms with Crippen molar-refractivity contribution in [1.29, 1.82) is 0 Å². The van der Waals surface area contributed by atoms with Gasteiger partial charge in [0.25, 0.3) is 5.91 Å². The number of anilines is 1. The van der Waals surface area contributed by atoms with Crippen LogP contribution in [0.1, 0.15) is 23.0 Å². The van der Waals surface area contributed by atoms with E-state index in [-0.39, 0.29) is 11.7 Å². The van der Waals surface area contributed by atoms with Crippen LogP contribution in [0.5, 0.6) is 5.75 Å². The number of ether oxygens (including phenoxy) is 1. The van der Waals surface area contributed by atoms with E-state index in [0.29, 0.717) is 5.82 Å². The lowest BCUT2D eigenvalue weighted by molar-refractivity contribution is 0.0994. The number of carbonyl (C=O) groups excluding carboxylic acids is 1. The largest absolute Gasteiger partial charge is 0.496 e. The Hall–Kier alpha value is -2.63. The van der Waals surface area contributed by atoms with Crippen LogP contribution in [0.15, 0.2) is 36.4 Å². The third-order valence-corrected chi connectivity index (χ3v) is 3.63. The second kappa shape index (κ2) is 6.89. The molecule has 0 fully saturated rings. The van der Waals surface area contributed by atoms with Gasteiger partial charge in [0.15, 0.2) is 11.5 Å². The van der Waals surface area contributed by atoms with Gasteiger partial charge in [0.05, 0.1) is 7.11 Å². The van der Waals surface area contributed by atoms with E-state index in [1.54, 1.807) is 19.2 Å². The van der Waals surface area contributed by atoms with Crippen LogP contribution in [0.2, 0.25) is 0 Å². The summed E-state index contributed by atoms with van der Waals surface area (Å²) in [6.07, 6.45) is 0.805. The number of amides is 1. The number of methoxy groups -OCH3 is 1. The highest BCUT2D eigenvalue weighted by atomic mass is 16.5. The smallest absolute Gasteiger partial charge is 0.269 e. The van der Waals surface area contributed by atoms with Crippen molar-refractivity contribution in [3.05, 3.63) is 47.7 Å². The molecule has 0 aliphatic rings. The van der Waals surface area contributed by atoms with E-state index in [9.17, 15) is 4.79 Å². The lowest BCUT2D eigenvalue weighted by Crippen LogP contribution is -2.32. The summed E-state index contributed by atoms with van der Waals surface area (Å²) in [7, 11) is 3.61. The van der Waals surface area contributed by atoms with Gasteiger partial charge in [-0.15, -0.1) is 10.2 Å². The normalized spacial score (nSPS) is 11.8. The zero-order valence-corrected chi connectivity index (χ0v) is 13.0. The van der Waals surface area contributed by atoms with Crippen molar-refractivity contribution >= 4 is 11.7 Å². The van der Waals surface area contributed by atoms with Crippen molar-refractivity contribution < 1.29 is 9.53 Å². The summed E-state index contributed by atoms with van der Waals surface area (Å²) in [5.41, 5.74) is 6.46. The SMILES string of the molecule is COc1ccccc1CC(C)N(C)c1ccc(C(N)=O)nn1. The molecule has 2 rings (SSSR count). The quantitative estimate of drug-likeness (QED) is 0.877. The van der Waals surface area contributed by atoms with Crippen molar-refractivity contribution in [3.8, 4) is 5.75 Å². The second-order valence-electron chi connectivity index (χ2n) is 5.12. The van der Waals surface area contributed by atoms with Crippen LogP contribution in [0.25, 0.3) is 0 Å². The average Bonchev–Trinajstić information content (AvgIpc) is 2.54. The maximum absolute atomic E-state index is 11.0. The highest BCUT2D eigenvalue weighted by Gasteiger charge is 2.15. The number of nitrogens with two attached hydrogens (primary N) is 1. The van der Waals surface area contributed by atoms with Crippen LogP contribution in [-0.2, 0) is 6.42 Å². The lowest BCUT2D eigenvalue weighted by Gasteiger charge is -2.26. The molecule has 0 saturated carbocycles. The van der Waals surface area contributed by atoms with Gasteiger partial charge in [-0.3, -0.25) is 4.79 Å². The van der Waals surface area contributed by atoms with Gasteiger partial charge in [0, 0.05) is 13.1 Å². The van der Waals surface area contributed by atoms with E-state index in [2.05, 4.69) is 17.1 Å². The minimum atomic E-state index is -0.580. The molecule has 0 saturated heterocycles. The van der Waals surface area contributed by atoms with Crippen molar-refractivity contribution in [2.75, 3.05) is 19.1 Å². The van der Waals surface area contributed by atoms with Gasteiger partial charge in [-0.1, -0.05) is 18.2 Å². The fourth-order valence-corrected chi connectivity index (χ4v) is 2.20. The Kier molecular flexibility index (Phi) is 4.93. The third kappa shape index (κ3) is 3.52. The summed E-state index contributed by atoms with van der Waals surface area (Å²) in [5.74, 6) is 0.981. The number of likely N-dealkylation sites (N-methyl/N-ethyl adjacent to an activating group) is 1. The molecule has 0 spiro atoms. The van der Waals surface area contributed by atoms with Crippen LogP contribution in [0.3, 0.4) is 0 Å². The van der Waals surface area contributed by atoms with E-state index in [1.165, 1.54) is 0 Å². The summed E-state index contributed by atoms with van der Waals surface area (Å²) in [6.45, 7) is 2.09. The number of benzene rings is 1. The number of carbonyl (C=O) groups is 1. The van der Waals surface area contributed by atoms with Crippen LogP contribution in [0.4, 0.5) is 5.82 Å². The summed E-state index contributed by atoms with van der Waals surface area (Å²) in [4.78, 5) is 13.0. The number of para-hydroxylation sites is 1. The predicted octanol–water partition coefficient (Wildman–Crippen LogP) is 1.65. The highest BCUT2D eigenvalue weighted by molar-refractivity contribution is 5.90. The Morgan fingerprint density at radius 2 is 2.00 bits per heavy atom. The van der Waals surface area contributed by atoms with Gasteiger partial charge in [0.2, 0.25) is 0 Å². The van der Waals surface area contributed by atoms with Gasteiger partial charge in [-0.2, -0.15) is 0 Å². The minimum absolute atomic E-state index is 0.162. The Morgan fingerprint density at radius 3 is 2.59 bits per heavy atom. The van der Waals surface area contributed by atoms with Crippen LogP contribution in [0, 0.1) is 0 Å². The van der Waals surface area contributed by atoms with Gasteiger partial charge in [-0.05, 0) is 37.1 Å². The fourth-order valence-electron chi connectivity index (χ4n) is 2.20. The fraction of sp³-hybridized carbons (Fsp3) is 0.312. The molecule has 0 bridgehead atoms. The Labute approximate surface area is 129 Å². The average molecular weight is 300 g/mol. The van der Waals surface area contributed by atoms with Crippen molar-refractivity contribution in [1.82, 2.24) is 10.2 Å². The molecule has 22 heavy (non-hydrogen) atoms. The first-order chi connectivity index (χ1) is 10.5. The van der Waals surface area contributed by atoms with Crippen molar-refractivity contribution in [3.63, 3.8) is 0 Å². The minimum Gasteiger partial charge on any atom is -0.496 e. The molecule has 0 aliphatic heterocycles. The maximum atomic E-state index is 11.0. The topological polar surface area (TPSA) is 81.3 Å². The maximum Gasteiger partial charge on any atom is 0.269 e. The van der Waals surface area contributed by atoms with Gasteiger partial charge in [0.1, 0.15) is 5.75 Å². The molecular formula is C16H20N4O2. The zero-order chi connectivity index (χ0) is 16.1. The van der Waals surface area contributed by atoms with Crippen LogP contribution < -0.4 is 15.4 Å². The molecule has 6 nitrogen and oxygen atoms in total. The number of hydrogen-bond donors (Lipinski definition) is 1. The molecule has 6 heteroatoms. The molecule has 0 radical (unpaired) electrons. The second-order valence-corrected chi connectivity index (χ2v) is 5.12. The molecule has 1 atom stereocenters. The van der Waals surface area contributed by atoms with E-state index >= 15 is 0 Å². The Bertz CT molecular complexity index is 643. The Morgan fingerprint density at radius 1 is 1.27 bits per heavy atom. The number of rotatable bonds is 6. The first-order valence-corrected chi connectivity index (χ1v) is 7.01. The first kappa shape index (κ1) is 15.8. The van der Waals surface area contributed by atoms with Gasteiger partial charge >= 0.3 is 0 Å². The predicted molar refractivity (Wildman–Crippen MR) is 85.1 cm³/mol. The molecule has 0 aliphatic carbocycles. The van der Waals surface area contributed by atoms with Crippen LogP contribution in [-0.4, -0.2) is 36.3 Å². The molecule has 1 amide bonds. The highest BCUT2D eigenvalue weighted by Crippen LogP contribution is 2.21. The zero-order valence-electron chi connectivity index (χ0n) is 13.0. The number of nitrogens with zero attached hydrogens (tertiary/aromatic N) is 3. The first-order valence-electron chi connectivity index (χ1n) is 7.01. The van der Waals surface area contributed by atoms with E-state index in [0.717, 1.165) is 17.7 Å². The number of aromatic nitrogens is 2. The number of primary amides is 1.